The zero-order chi connectivity index (χ0) is 14.0. The van der Waals surface area contributed by atoms with Gasteiger partial charge in [-0.15, -0.1) is 12.4 Å². The minimum atomic E-state index is -4.46. The van der Waals surface area contributed by atoms with Crippen molar-refractivity contribution in [2.45, 2.75) is 44.3 Å². The van der Waals surface area contributed by atoms with Gasteiger partial charge >= 0.3 is 6.18 Å². The Balaban J connectivity index is 0.00000200. The van der Waals surface area contributed by atoms with Gasteiger partial charge < -0.3 is 5.73 Å². The van der Waals surface area contributed by atoms with Crippen molar-refractivity contribution in [1.29, 1.82) is 0 Å². The summed E-state index contributed by atoms with van der Waals surface area (Å²) in [5, 5.41) is 0. The maximum absolute atomic E-state index is 13.7. The molecule has 1 aliphatic rings. The third-order valence-corrected chi connectivity index (χ3v) is 3.84. The lowest BCUT2D eigenvalue weighted by Crippen LogP contribution is -2.25. The maximum atomic E-state index is 13.7. The van der Waals surface area contributed by atoms with Crippen molar-refractivity contribution in [1.82, 2.24) is 0 Å². The van der Waals surface area contributed by atoms with Crippen LogP contribution in [-0.2, 0) is 6.18 Å². The van der Waals surface area contributed by atoms with Gasteiger partial charge in [-0.05, 0) is 37.0 Å². The average molecular weight is 312 g/mol. The Morgan fingerprint density at radius 3 is 2.25 bits per heavy atom. The molecule has 0 unspecified atom stereocenters. The van der Waals surface area contributed by atoms with Gasteiger partial charge in [0.05, 0.1) is 5.56 Å². The zero-order valence-electron chi connectivity index (χ0n) is 10.9. The van der Waals surface area contributed by atoms with Crippen molar-refractivity contribution in [3.63, 3.8) is 0 Å². The van der Waals surface area contributed by atoms with E-state index in [-0.39, 0.29) is 23.9 Å². The van der Waals surface area contributed by atoms with Crippen LogP contribution in [0, 0.1) is 11.7 Å². The number of rotatable bonds is 2. The molecule has 0 aliphatic heterocycles. The second kappa shape index (κ2) is 6.76. The van der Waals surface area contributed by atoms with E-state index in [0.717, 1.165) is 50.3 Å². The van der Waals surface area contributed by atoms with Gasteiger partial charge in [0, 0.05) is 11.6 Å². The molecule has 0 spiro atoms. The molecule has 2 N–H and O–H groups in total. The number of benzene rings is 1. The minimum absolute atomic E-state index is 0. The molecular weight excluding hydrogens is 294 g/mol. The maximum Gasteiger partial charge on any atom is 0.416 e. The van der Waals surface area contributed by atoms with Crippen LogP contribution in [0.3, 0.4) is 0 Å². The highest BCUT2D eigenvalue weighted by Crippen LogP contribution is 2.36. The summed E-state index contributed by atoms with van der Waals surface area (Å²) < 4.78 is 51.6. The number of hydrogen-bond acceptors (Lipinski definition) is 1. The predicted octanol–water partition coefficient (Wildman–Crippen LogP) is 4.85. The van der Waals surface area contributed by atoms with Crippen molar-refractivity contribution >= 4 is 12.4 Å². The molecule has 0 aromatic heterocycles. The van der Waals surface area contributed by atoms with Gasteiger partial charge in [-0.3, -0.25) is 0 Å². The molecule has 0 bridgehead atoms. The van der Waals surface area contributed by atoms with Gasteiger partial charge in [0.15, 0.2) is 0 Å². The van der Waals surface area contributed by atoms with Gasteiger partial charge in [0.25, 0.3) is 0 Å². The molecule has 1 aromatic rings. The van der Waals surface area contributed by atoms with Crippen LogP contribution >= 0.6 is 12.4 Å². The Morgan fingerprint density at radius 2 is 1.70 bits per heavy atom. The molecule has 114 valence electrons. The van der Waals surface area contributed by atoms with Crippen molar-refractivity contribution < 1.29 is 17.6 Å². The van der Waals surface area contributed by atoms with Crippen molar-refractivity contribution in [3.8, 4) is 0 Å². The van der Waals surface area contributed by atoms with Crippen LogP contribution in [-0.4, -0.2) is 0 Å². The number of alkyl halides is 3. The van der Waals surface area contributed by atoms with Crippen molar-refractivity contribution in [2.24, 2.45) is 11.7 Å². The Labute approximate surface area is 122 Å². The molecule has 20 heavy (non-hydrogen) atoms. The molecule has 1 atom stereocenters. The summed E-state index contributed by atoms with van der Waals surface area (Å²) in [5.74, 6) is -0.571. The quantitative estimate of drug-likeness (QED) is 0.777. The largest absolute Gasteiger partial charge is 0.416 e. The second-order valence-corrected chi connectivity index (χ2v) is 5.16. The molecule has 0 amide bonds. The predicted molar refractivity (Wildman–Crippen MR) is 72.2 cm³/mol. The van der Waals surface area contributed by atoms with Crippen molar-refractivity contribution in [3.05, 3.63) is 35.1 Å². The fourth-order valence-corrected chi connectivity index (χ4v) is 2.72. The Bertz CT molecular complexity index is 441. The SMILES string of the molecule is Cl.N[C@@H](c1cc(C(F)(F)F)ccc1F)C1CCCCC1. The summed E-state index contributed by atoms with van der Waals surface area (Å²) in [6.07, 6.45) is 0.397. The highest BCUT2D eigenvalue weighted by Gasteiger charge is 2.32. The number of halogens is 5. The fourth-order valence-electron chi connectivity index (χ4n) is 2.72. The topological polar surface area (TPSA) is 26.0 Å². The zero-order valence-corrected chi connectivity index (χ0v) is 11.7. The molecule has 0 radical (unpaired) electrons. The van der Waals surface area contributed by atoms with Gasteiger partial charge in [0.1, 0.15) is 5.82 Å². The highest BCUT2D eigenvalue weighted by molar-refractivity contribution is 5.85. The Kier molecular flexibility index (Phi) is 5.83. The number of nitrogens with two attached hydrogens (primary N) is 1. The van der Waals surface area contributed by atoms with E-state index in [1.165, 1.54) is 0 Å². The molecule has 0 heterocycles. The summed E-state index contributed by atoms with van der Waals surface area (Å²) >= 11 is 0. The summed E-state index contributed by atoms with van der Waals surface area (Å²) in [7, 11) is 0. The summed E-state index contributed by atoms with van der Waals surface area (Å²) in [6, 6.07) is 1.82. The van der Waals surface area contributed by atoms with Crippen LogP contribution in [0.25, 0.3) is 0 Å². The number of hydrogen-bond donors (Lipinski definition) is 1. The smallest absolute Gasteiger partial charge is 0.324 e. The van der Waals surface area contributed by atoms with Crippen LogP contribution in [0.1, 0.15) is 49.3 Å². The standard InChI is InChI=1S/C14H17F4N.ClH/c15-12-7-6-10(14(16,17)18)8-11(12)13(19)9-4-2-1-3-5-9;/h6-9,13H,1-5,19H2;1H/t13-;/m1./s1. The van der Waals surface area contributed by atoms with E-state index in [1.807, 2.05) is 0 Å². The second-order valence-electron chi connectivity index (χ2n) is 5.16. The molecule has 1 aliphatic carbocycles. The highest BCUT2D eigenvalue weighted by atomic mass is 35.5. The average Bonchev–Trinajstić information content (AvgIpc) is 2.38. The van der Waals surface area contributed by atoms with Crippen LogP contribution in [0.5, 0.6) is 0 Å². The van der Waals surface area contributed by atoms with Crippen LogP contribution in [0.15, 0.2) is 18.2 Å². The summed E-state index contributed by atoms with van der Waals surface area (Å²) in [4.78, 5) is 0. The lowest BCUT2D eigenvalue weighted by atomic mass is 9.81. The van der Waals surface area contributed by atoms with Gasteiger partial charge in [-0.1, -0.05) is 19.3 Å². The van der Waals surface area contributed by atoms with E-state index in [1.54, 1.807) is 0 Å². The normalized spacial score (nSPS) is 18.4. The van der Waals surface area contributed by atoms with E-state index in [0.29, 0.717) is 0 Å². The molecule has 1 nitrogen and oxygen atoms in total. The van der Waals surface area contributed by atoms with Crippen molar-refractivity contribution in [2.75, 3.05) is 0 Å². The van der Waals surface area contributed by atoms with E-state index < -0.39 is 23.6 Å². The molecule has 1 fully saturated rings. The monoisotopic (exact) mass is 311 g/mol. The van der Waals surface area contributed by atoms with E-state index in [9.17, 15) is 17.6 Å². The van der Waals surface area contributed by atoms with E-state index in [4.69, 9.17) is 5.73 Å². The van der Waals surface area contributed by atoms with Gasteiger partial charge in [0.2, 0.25) is 0 Å². The van der Waals surface area contributed by atoms with Crippen LogP contribution in [0.2, 0.25) is 0 Å². The molecule has 0 saturated heterocycles. The molecule has 1 saturated carbocycles. The Hall–Kier alpha value is -0.810. The first-order valence-corrected chi connectivity index (χ1v) is 6.52. The molecular formula is C14H18ClF4N. The fraction of sp³-hybridized carbons (Fsp3) is 0.571. The minimum Gasteiger partial charge on any atom is -0.324 e. The van der Waals surface area contributed by atoms with E-state index in [2.05, 4.69) is 0 Å². The van der Waals surface area contributed by atoms with Gasteiger partial charge in [-0.2, -0.15) is 13.2 Å². The van der Waals surface area contributed by atoms with Crippen LogP contribution < -0.4 is 5.73 Å². The van der Waals surface area contributed by atoms with Gasteiger partial charge in [-0.25, -0.2) is 4.39 Å². The third-order valence-electron chi connectivity index (χ3n) is 3.84. The lowest BCUT2D eigenvalue weighted by molar-refractivity contribution is -0.137. The van der Waals surface area contributed by atoms with Crippen LogP contribution in [0.4, 0.5) is 17.6 Å². The summed E-state index contributed by atoms with van der Waals surface area (Å²) in [5.41, 5.74) is 5.13. The molecule has 6 heteroatoms. The third kappa shape index (κ3) is 3.85. The Morgan fingerprint density at radius 1 is 1.10 bits per heavy atom. The lowest BCUT2D eigenvalue weighted by Gasteiger charge is -2.28. The first-order valence-electron chi connectivity index (χ1n) is 6.52. The first-order chi connectivity index (χ1) is 8.89. The van der Waals surface area contributed by atoms with E-state index >= 15 is 0 Å². The first kappa shape index (κ1) is 17.2. The molecule has 2 rings (SSSR count). The summed E-state index contributed by atoms with van der Waals surface area (Å²) in [6.45, 7) is 0. The molecule has 1 aromatic carbocycles.